The van der Waals surface area contributed by atoms with E-state index in [1.54, 1.807) is 6.07 Å². The maximum Gasteiger partial charge on any atom is 0.120 e. The molecule has 1 unspecified atom stereocenters. The number of benzene rings is 2. The number of phenolic OH excluding ortho intramolecular Hbond substituents is 1. The number of hydrogen-bond donors (Lipinski definition) is 2. The number of fused-ring (bicyclic) bond motifs is 1. The average Bonchev–Trinajstić information content (AvgIpc) is 3.03. The topological polar surface area (TPSA) is 50.1 Å². The van der Waals surface area contributed by atoms with Crippen molar-refractivity contribution >= 4 is 0 Å². The first-order valence-electron chi connectivity index (χ1n) is 9.58. The second kappa shape index (κ2) is 6.86. The van der Waals surface area contributed by atoms with Crippen LogP contribution in [0.15, 0.2) is 54.7 Å². The van der Waals surface area contributed by atoms with E-state index in [1.807, 2.05) is 24.4 Å². The molecule has 2 N–H and O–H groups in total. The molecule has 2 aromatic carbocycles. The Morgan fingerprint density at radius 1 is 1.15 bits per heavy atom. The molecule has 1 aliphatic carbocycles. The van der Waals surface area contributed by atoms with Gasteiger partial charge < -0.3 is 10.4 Å². The third-order valence-electron chi connectivity index (χ3n) is 5.55. The molecule has 1 aromatic heterocycles. The second-order valence-electron chi connectivity index (χ2n) is 8.35. The summed E-state index contributed by atoms with van der Waals surface area (Å²) in [6.07, 6.45) is 4.07. The standard InChI is InChI=1S/C23H27N3O/c1-16-8-4-6-10-20(16)26-21-13-23(2,3)12-19(18(21)15-25-26)24-14-17-9-5-7-11-22(17)27/h4-11,15,19,24,27H,12-14H2,1-3H3. The van der Waals surface area contributed by atoms with Gasteiger partial charge in [-0.1, -0.05) is 50.2 Å². The largest absolute Gasteiger partial charge is 0.508 e. The van der Waals surface area contributed by atoms with Gasteiger partial charge in [0, 0.05) is 29.4 Å². The van der Waals surface area contributed by atoms with Crippen LogP contribution in [0.25, 0.3) is 5.69 Å². The summed E-state index contributed by atoms with van der Waals surface area (Å²) in [6, 6.07) is 16.1. The van der Waals surface area contributed by atoms with Crippen LogP contribution < -0.4 is 5.32 Å². The van der Waals surface area contributed by atoms with Crippen LogP contribution in [0.4, 0.5) is 0 Å². The zero-order valence-corrected chi connectivity index (χ0v) is 16.2. The molecule has 0 aliphatic heterocycles. The van der Waals surface area contributed by atoms with Crippen LogP contribution in [0.3, 0.4) is 0 Å². The molecule has 0 saturated heterocycles. The van der Waals surface area contributed by atoms with Crippen molar-refractivity contribution in [1.82, 2.24) is 15.1 Å². The van der Waals surface area contributed by atoms with E-state index in [9.17, 15) is 5.11 Å². The number of aromatic nitrogens is 2. The summed E-state index contributed by atoms with van der Waals surface area (Å²) in [7, 11) is 0. The van der Waals surface area contributed by atoms with Crippen LogP contribution in [0.1, 0.15) is 48.7 Å². The molecule has 1 atom stereocenters. The molecular formula is C23H27N3O. The van der Waals surface area contributed by atoms with Crippen LogP contribution in [0.2, 0.25) is 0 Å². The lowest BCUT2D eigenvalue weighted by atomic mass is 9.74. The summed E-state index contributed by atoms with van der Waals surface area (Å²) >= 11 is 0. The smallest absolute Gasteiger partial charge is 0.120 e. The number of rotatable bonds is 4. The van der Waals surface area contributed by atoms with E-state index in [1.165, 1.54) is 16.8 Å². The highest BCUT2D eigenvalue weighted by atomic mass is 16.3. The minimum absolute atomic E-state index is 0.184. The zero-order valence-electron chi connectivity index (χ0n) is 16.2. The Balaban J connectivity index is 1.67. The normalized spacial score (nSPS) is 18.3. The van der Waals surface area contributed by atoms with E-state index >= 15 is 0 Å². The highest BCUT2D eigenvalue weighted by Gasteiger charge is 2.35. The van der Waals surface area contributed by atoms with Crippen LogP contribution in [0.5, 0.6) is 5.75 Å². The molecule has 0 spiro atoms. The first-order valence-corrected chi connectivity index (χ1v) is 9.58. The Morgan fingerprint density at radius 3 is 2.67 bits per heavy atom. The van der Waals surface area contributed by atoms with Gasteiger partial charge in [0.1, 0.15) is 5.75 Å². The van der Waals surface area contributed by atoms with E-state index in [0.29, 0.717) is 12.3 Å². The number of nitrogens with one attached hydrogen (secondary N) is 1. The van der Waals surface area contributed by atoms with E-state index in [0.717, 1.165) is 24.1 Å². The van der Waals surface area contributed by atoms with Gasteiger partial charge in [-0.05, 0) is 42.9 Å². The van der Waals surface area contributed by atoms with Crippen LogP contribution in [-0.4, -0.2) is 14.9 Å². The molecule has 4 heteroatoms. The van der Waals surface area contributed by atoms with Crippen molar-refractivity contribution in [1.29, 1.82) is 0 Å². The molecule has 0 radical (unpaired) electrons. The summed E-state index contributed by atoms with van der Waals surface area (Å²) in [5.74, 6) is 0.343. The molecule has 0 fully saturated rings. The van der Waals surface area contributed by atoms with Crippen molar-refractivity contribution in [3.05, 3.63) is 77.1 Å². The first kappa shape index (κ1) is 17.8. The Labute approximate surface area is 160 Å². The minimum Gasteiger partial charge on any atom is -0.508 e. The quantitative estimate of drug-likeness (QED) is 0.709. The lowest BCUT2D eigenvalue weighted by Gasteiger charge is -2.36. The van der Waals surface area contributed by atoms with Crippen molar-refractivity contribution in [2.75, 3.05) is 0 Å². The summed E-state index contributed by atoms with van der Waals surface area (Å²) in [4.78, 5) is 0. The lowest BCUT2D eigenvalue weighted by Crippen LogP contribution is -2.33. The van der Waals surface area contributed by atoms with Gasteiger partial charge in [0.15, 0.2) is 0 Å². The fourth-order valence-corrected chi connectivity index (χ4v) is 4.13. The first-order chi connectivity index (χ1) is 12.9. The van der Waals surface area contributed by atoms with Crippen molar-refractivity contribution < 1.29 is 5.11 Å². The van der Waals surface area contributed by atoms with Crippen LogP contribution >= 0.6 is 0 Å². The highest BCUT2D eigenvalue weighted by molar-refractivity contribution is 5.43. The maximum absolute atomic E-state index is 10.1. The van der Waals surface area contributed by atoms with E-state index in [-0.39, 0.29) is 11.5 Å². The van der Waals surface area contributed by atoms with Crippen molar-refractivity contribution in [2.45, 2.75) is 46.2 Å². The van der Waals surface area contributed by atoms with E-state index in [4.69, 9.17) is 5.10 Å². The fourth-order valence-electron chi connectivity index (χ4n) is 4.13. The number of phenols is 1. The van der Waals surface area contributed by atoms with Gasteiger partial charge in [-0.15, -0.1) is 0 Å². The predicted molar refractivity (Wildman–Crippen MR) is 108 cm³/mol. The molecule has 0 amide bonds. The van der Waals surface area contributed by atoms with E-state index in [2.05, 4.69) is 55.0 Å². The number of aromatic hydroxyl groups is 1. The zero-order chi connectivity index (χ0) is 19.0. The predicted octanol–water partition coefficient (Wildman–Crippen LogP) is 4.69. The highest BCUT2D eigenvalue weighted by Crippen LogP contribution is 2.41. The summed E-state index contributed by atoms with van der Waals surface area (Å²) < 4.78 is 2.11. The van der Waals surface area contributed by atoms with Gasteiger partial charge in [0.05, 0.1) is 11.9 Å². The van der Waals surface area contributed by atoms with E-state index < -0.39 is 0 Å². The molecule has 1 heterocycles. The summed E-state index contributed by atoms with van der Waals surface area (Å²) in [5, 5.41) is 18.5. The molecule has 1 aliphatic rings. The third-order valence-corrected chi connectivity index (χ3v) is 5.55. The SMILES string of the molecule is Cc1ccccc1-n1ncc2c1CC(C)(C)CC2NCc1ccccc1O. The third kappa shape index (κ3) is 3.50. The Kier molecular flexibility index (Phi) is 4.52. The van der Waals surface area contributed by atoms with Gasteiger partial charge in [0.25, 0.3) is 0 Å². The monoisotopic (exact) mass is 361 g/mol. The Hall–Kier alpha value is -2.59. The number of para-hydroxylation sites is 2. The second-order valence-corrected chi connectivity index (χ2v) is 8.35. The van der Waals surface area contributed by atoms with Crippen molar-refractivity contribution in [3.63, 3.8) is 0 Å². The molecule has 3 aromatic rings. The maximum atomic E-state index is 10.1. The average molecular weight is 361 g/mol. The molecule has 140 valence electrons. The molecule has 27 heavy (non-hydrogen) atoms. The van der Waals surface area contributed by atoms with Crippen molar-refractivity contribution in [2.24, 2.45) is 5.41 Å². The summed E-state index contributed by atoms with van der Waals surface area (Å²) in [5.41, 5.74) is 6.04. The van der Waals surface area contributed by atoms with Gasteiger partial charge >= 0.3 is 0 Å². The minimum atomic E-state index is 0.184. The van der Waals surface area contributed by atoms with Crippen LogP contribution in [0, 0.1) is 12.3 Å². The Bertz CT molecular complexity index is 958. The molecule has 0 saturated carbocycles. The molecule has 4 nitrogen and oxygen atoms in total. The van der Waals surface area contributed by atoms with Gasteiger partial charge in [-0.3, -0.25) is 0 Å². The van der Waals surface area contributed by atoms with Crippen molar-refractivity contribution in [3.8, 4) is 11.4 Å². The number of aryl methyl sites for hydroxylation is 1. The summed E-state index contributed by atoms with van der Waals surface area (Å²) in [6.45, 7) is 7.41. The lowest BCUT2D eigenvalue weighted by molar-refractivity contribution is 0.252. The number of nitrogens with zero attached hydrogens (tertiary/aromatic N) is 2. The molecular weight excluding hydrogens is 334 g/mol. The number of hydrogen-bond acceptors (Lipinski definition) is 3. The molecule has 0 bridgehead atoms. The Morgan fingerprint density at radius 2 is 1.89 bits per heavy atom. The fraction of sp³-hybridized carbons (Fsp3) is 0.348. The van der Waals surface area contributed by atoms with Gasteiger partial charge in [-0.25, -0.2) is 4.68 Å². The van der Waals surface area contributed by atoms with Crippen LogP contribution in [-0.2, 0) is 13.0 Å². The molecule has 4 rings (SSSR count). The van der Waals surface area contributed by atoms with Gasteiger partial charge in [0.2, 0.25) is 0 Å². The van der Waals surface area contributed by atoms with Gasteiger partial charge in [-0.2, -0.15) is 5.10 Å².